The van der Waals surface area contributed by atoms with Crippen molar-refractivity contribution in [2.75, 3.05) is 0 Å². The summed E-state index contributed by atoms with van der Waals surface area (Å²) in [6.07, 6.45) is 5.48. The number of hydrogen-bond donors (Lipinski definition) is 2. The number of benzene rings is 1. The Morgan fingerprint density at radius 2 is 2.18 bits per heavy atom. The SMILES string of the molecule is Cc1cc2c3c(c1S(=N)(=O)O)CCC3CCC2. The Balaban J connectivity index is 2.34. The summed E-state index contributed by atoms with van der Waals surface area (Å²) in [6.45, 7) is 1.86. The average molecular weight is 251 g/mol. The van der Waals surface area contributed by atoms with Crippen molar-refractivity contribution < 1.29 is 8.76 Å². The lowest BCUT2D eigenvalue weighted by Crippen LogP contribution is -2.11. The molecule has 2 unspecified atom stereocenters. The topological polar surface area (TPSA) is 61.2 Å². The molecule has 1 aromatic rings. The van der Waals surface area contributed by atoms with Gasteiger partial charge in [0.2, 0.25) is 0 Å². The van der Waals surface area contributed by atoms with Crippen LogP contribution in [0.25, 0.3) is 0 Å². The maximum absolute atomic E-state index is 11.7. The zero-order chi connectivity index (χ0) is 12.2. The van der Waals surface area contributed by atoms with Crippen LogP contribution in [0.15, 0.2) is 11.0 Å². The Kier molecular flexibility index (Phi) is 2.35. The Labute approximate surface area is 102 Å². The summed E-state index contributed by atoms with van der Waals surface area (Å²) in [5.74, 6) is 0.579. The molecule has 0 fully saturated rings. The lowest BCUT2D eigenvalue weighted by Gasteiger charge is -2.23. The molecule has 0 saturated heterocycles. The molecular formula is C13H17NO2S. The molecule has 2 aliphatic carbocycles. The van der Waals surface area contributed by atoms with E-state index in [1.807, 2.05) is 13.0 Å². The van der Waals surface area contributed by atoms with E-state index in [1.165, 1.54) is 24.0 Å². The van der Waals surface area contributed by atoms with Crippen molar-refractivity contribution in [3.63, 3.8) is 0 Å². The van der Waals surface area contributed by atoms with Crippen LogP contribution in [0.3, 0.4) is 0 Å². The van der Waals surface area contributed by atoms with E-state index in [0.717, 1.165) is 30.4 Å². The molecule has 2 N–H and O–H groups in total. The minimum atomic E-state index is -3.58. The van der Waals surface area contributed by atoms with Crippen molar-refractivity contribution >= 4 is 10.0 Å². The zero-order valence-corrected chi connectivity index (χ0v) is 10.8. The van der Waals surface area contributed by atoms with E-state index in [2.05, 4.69) is 0 Å². The van der Waals surface area contributed by atoms with E-state index < -0.39 is 10.0 Å². The first-order chi connectivity index (χ1) is 7.98. The quantitative estimate of drug-likeness (QED) is 0.805. The van der Waals surface area contributed by atoms with Gasteiger partial charge in [0, 0.05) is 0 Å². The molecule has 3 nitrogen and oxygen atoms in total. The highest BCUT2D eigenvalue weighted by atomic mass is 32.2. The maximum atomic E-state index is 11.7. The van der Waals surface area contributed by atoms with Crippen LogP contribution >= 0.6 is 0 Å². The predicted molar refractivity (Wildman–Crippen MR) is 66.9 cm³/mol. The third-order valence-corrected chi connectivity index (χ3v) is 5.24. The van der Waals surface area contributed by atoms with E-state index >= 15 is 0 Å². The maximum Gasteiger partial charge on any atom is 0.188 e. The first-order valence-electron chi connectivity index (χ1n) is 6.15. The Hall–Kier alpha value is -0.870. The molecule has 17 heavy (non-hydrogen) atoms. The van der Waals surface area contributed by atoms with Crippen LogP contribution in [0.1, 0.15) is 47.4 Å². The Bertz CT molecular complexity index is 590. The molecule has 2 aliphatic rings. The first-order valence-corrected chi connectivity index (χ1v) is 7.66. The lowest BCUT2D eigenvalue weighted by atomic mass is 9.83. The minimum Gasteiger partial charge on any atom is -0.297 e. The van der Waals surface area contributed by atoms with Crippen LogP contribution in [0, 0.1) is 11.7 Å². The Morgan fingerprint density at radius 1 is 1.41 bits per heavy atom. The molecule has 0 heterocycles. The molecule has 0 saturated carbocycles. The van der Waals surface area contributed by atoms with Gasteiger partial charge in [-0.15, -0.1) is 0 Å². The summed E-state index contributed by atoms with van der Waals surface area (Å²) in [5, 5.41) is 0. The van der Waals surface area contributed by atoms with Gasteiger partial charge < -0.3 is 0 Å². The van der Waals surface area contributed by atoms with E-state index in [-0.39, 0.29) is 0 Å². The number of aryl methyl sites for hydroxylation is 2. The van der Waals surface area contributed by atoms with Gasteiger partial charge in [-0.1, -0.05) is 6.07 Å². The fourth-order valence-corrected chi connectivity index (χ4v) is 4.64. The molecule has 0 spiro atoms. The van der Waals surface area contributed by atoms with Gasteiger partial charge in [-0.3, -0.25) is 4.55 Å². The molecule has 0 bridgehead atoms. The summed E-state index contributed by atoms with van der Waals surface area (Å²) in [6, 6.07) is 2.04. The third kappa shape index (κ3) is 1.62. The highest BCUT2D eigenvalue weighted by molar-refractivity contribution is 7.87. The van der Waals surface area contributed by atoms with Gasteiger partial charge in [-0.2, -0.15) is 0 Å². The monoisotopic (exact) mass is 251 g/mol. The summed E-state index contributed by atoms with van der Waals surface area (Å²) in [5.41, 5.74) is 4.51. The van der Waals surface area contributed by atoms with E-state index in [1.54, 1.807) is 0 Å². The van der Waals surface area contributed by atoms with Crippen LogP contribution < -0.4 is 0 Å². The van der Waals surface area contributed by atoms with Crippen molar-refractivity contribution in [3.05, 3.63) is 28.3 Å². The summed E-state index contributed by atoms with van der Waals surface area (Å²) in [7, 11) is -3.58. The highest BCUT2D eigenvalue weighted by Crippen LogP contribution is 2.45. The van der Waals surface area contributed by atoms with E-state index in [0.29, 0.717) is 10.8 Å². The Morgan fingerprint density at radius 3 is 2.88 bits per heavy atom. The molecule has 3 rings (SSSR count). The minimum absolute atomic E-state index is 0.403. The van der Waals surface area contributed by atoms with Crippen molar-refractivity contribution in [2.45, 2.75) is 49.8 Å². The predicted octanol–water partition coefficient (Wildman–Crippen LogP) is 3.24. The fourth-order valence-electron chi connectivity index (χ4n) is 3.60. The largest absolute Gasteiger partial charge is 0.297 e. The van der Waals surface area contributed by atoms with Gasteiger partial charge in [0.15, 0.2) is 10.0 Å². The van der Waals surface area contributed by atoms with Crippen molar-refractivity contribution in [3.8, 4) is 0 Å². The van der Waals surface area contributed by atoms with E-state index in [9.17, 15) is 8.76 Å². The zero-order valence-electron chi connectivity index (χ0n) is 9.95. The van der Waals surface area contributed by atoms with Gasteiger partial charge in [0.05, 0.1) is 4.90 Å². The second-order valence-corrected chi connectivity index (χ2v) is 6.69. The summed E-state index contributed by atoms with van der Waals surface area (Å²) in [4.78, 5) is 0.403. The highest BCUT2D eigenvalue weighted by Gasteiger charge is 2.32. The van der Waals surface area contributed by atoms with Crippen LogP contribution in [0.2, 0.25) is 0 Å². The molecule has 0 aromatic heterocycles. The van der Waals surface area contributed by atoms with Crippen LogP contribution in [-0.2, 0) is 22.9 Å². The second-order valence-electron chi connectivity index (χ2n) is 5.23. The van der Waals surface area contributed by atoms with Crippen LogP contribution in [0.4, 0.5) is 0 Å². The van der Waals surface area contributed by atoms with Gasteiger partial charge in [-0.05, 0) is 67.2 Å². The molecule has 0 aliphatic heterocycles. The number of nitrogens with one attached hydrogen (secondary N) is 1. The standard InChI is InChI=1S/C13H17NO2S/c1-8-7-10-4-2-3-9-5-6-11(12(9)10)13(8)17(14,15)16/h7,9H,2-6H2,1H3,(H2,14,15,16). The third-order valence-electron chi connectivity index (χ3n) is 4.12. The fraction of sp³-hybridized carbons (Fsp3) is 0.538. The normalized spacial score (nSPS) is 25.4. The molecular weight excluding hydrogens is 234 g/mol. The second kappa shape index (κ2) is 3.56. The lowest BCUT2D eigenvalue weighted by molar-refractivity contribution is 0.546. The van der Waals surface area contributed by atoms with Gasteiger partial charge in [-0.25, -0.2) is 8.99 Å². The van der Waals surface area contributed by atoms with Crippen molar-refractivity contribution in [1.29, 1.82) is 4.78 Å². The van der Waals surface area contributed by atoms with Crippen molar-refractivity contribution in [1.82, 2.24) is 0 Å². The van der Waals surface area contributed by atoms with Crippen molar-refractivity contribution in [2.24, 2.45) is 0 Å². The molecule has 92 valence electrons. The van der Waals surface area contributed by atoms with Gasteiger partial charge in [0.25, 0.3) is 0 Å². The molecule has 1 aromatic carbocycles. The molecule has 2 atom stereocenters. The van der Waals surface area contributed by atoms with Gasteiger partial charge >= 0.3 is 0 Å². The summed E-state index contributed by atoms with van der Waals surface area (Å²) >= 11 is 0. The number of hydrogen-bond acceptors (Lipinski definition) is 2. The van der Waals surface area contributed by atoms with Crippen LogP contribution in [0.5, 0.6) is 0 Å². The molecule has 0 amide bonds. The smallest absolute Gasteiger partial charge is 0.188 e. The van der Waals surface area contributed by atoms with Gasteiger partial charge in [0.1, 0.15) is 0 Å². The summed E-state index contributed by atoms with van der Waals surface area (Å²) < 4.78 is 28.8. The molecule has 0 radical (unpaired) electrons. The molecule has 4 heteroatoms. The first kappa shape index (κ1) is 11.2. The average Bonchev–Trinajstić information content (AvgIpc) is 2.61. The van der Waals surface area contributed by atoms with Crippen LogP contribution in [-0.4, -0.2) is 8.76 Å². The van der Waals surface area contributed by atoms with E-state index in [4.69, 9.17) is 4.78 Å². The number of rotatable bonds is 1.